The summed E-state index contributed by atoms with van der Waals surface area (Å²) in [6.45, 7) is 2.10. The fourth-order valence-corrected chi connectivity index (χ4v) is 2.50. The SMILES string of the molecule is COc1ccc(C)cc1NC(=O)C[NH+](C)CC(=O)Nc1cccc(F)c1. The first kappa shape index (κ1) is 19.4. The molecule has 0 bridgehead atoms. The third kappa shape index (κ3) is 5.86. The number of hydrogen-bond donors (Lipinski definition) is 3. The monoisotopic (exact) mass is 360 g/mol. The molecule has 26 heavy (non-hydrogen) atoms. The maximum atomic E-state index is 13.1. The first-order chi connectivity index (χ1) is 12.4. The smallest absolute Gasteiger partial charge is 0.279 e. The molecule has 7 heteroatoms. The predicted molar refractivity (Wildman–Crippen MR) is 98.0 cm³/mol. The molecule has 3 N–H and O–H groups in total. The van der Waals surface area contributed by atoms with Gasteiger partial charge in [-0.1, -0.05) is 12.1 Å². The molecule has 2 aromatic carbocycles. The van der Waals surface area contributed by atoms with Crippen LogP contribution in [0.25, 0.3) is 0 Å². The van der Waals surface area contributed by atoms with Gasteiger partial charge in [0.15, 0.2) is 13.1 Å². The summed E-state index contributed by atoms with van der Waals surface area (Å²) >= 11 is 0. The van der Waals surface area contributed by atoms with Gasteiger partial charge in [0, 0.05) is 5.69 Å². The number of quaternary nitrogens is 1. The van der Waals surface area contributed by atoms with Gasteiger partial charge in [0.1, 0.15) is 11.6 Å². The quantitative estimate of drug-likeness (QED) is 0.696. The van der Waals surface area contributed by atoms with Crippen LogP contribution in [-0.2, 0) is 9.59 Å². The van der Waals surface area contributed by atoms with Crippen molar-refractivity contribution in [3.05, 3.63) is 53.8 Å². The van der Waals surface area contributed by atoms with Crippen molar-refractivity contribution in [3.8, 4) is 5.75 Å². The molecule has 0 aliphatic rings. The van der Waals surface area contributed by atoms with E-state index in [0.717, 1.165) is 5.56 Å². The highest BCUT2D eigenvalue weighted by Gasteiger charge is 2.16. The number of likely N-dealkylation sites (N-methyl/N-ethyl adjacent to an activating group) is 1. The van der Waals surface area contributed by atoms with Crippen molar-refractivity contribution < 1.29 is 23.6 Å². The van der Waals surface area contributed by atoms with Crippen LogP contribution in [0.2, 0.25) is 0 Å². The molecule has 0 radical (unpaired) electrons. The third-order valence-corrected chi connectivity index (χ3v) is 3.66. The molecule has 0 fully saturated rings. The summed E-state index contributed by atoms with van der Waals surface area (Å²) in [6.07, 6.45) is 0. The number of carbonyl (C=O) groups is 2. The third-order valence-electron chi connectivity index (χ3n) is 3.66. The van der Waals surface area contributed by atoms with Crippen molar-refractivity contribution in [2.24, 2.45) is 0 Å². The molecule has 1 unspecified atom stereocenters. The van der Waals surface area contributed by atoms with E-state index >= 15 is 0 Å². The number of ether oxygens (including phenoxy) is 1. The van der Waals surface area contributed by atoms with Crippen LogP contribution in [0.3, 0.4) is 0 Å². The second-order valence-corrected chi connectivity index (χ2v) is 6.12. The summed E-state index contributed by atoms with van der Waals surface area (Å²) in [7, 11) is 3.27. The van der Waals surface area contributed by atoms with Crippen molar-refractivity contribution in [1.82, 2.24) is 0 Å². The van der Waals surface area contributed by atoms with E-state index in [0.29, 0.717) is 22.0 Å². The minimum absolute atomic E-state index is 0.0783. The Labute approximate surface area is 152 Å². The van der Waals surface area contributed by atoms with Crippen molar-refractivity contribution >= 4 is 23.2 Å². The Morgan fingerprint density at radius 2 is 1.77 bits per heavy atom. The van der Waals surface area contributed by atoms with Crippen LogP contribution >= 0.6 is 0 Å². The lowest BCUT2D eigenvalue weighted by Gasteiger charge is -2.15. The lowest BCUT2D eigenvalue weighted by atomic mass is 10.2. The Bertz CT molecular complexity index is 795. The maximum Gasteiger partial charge on any atom is 0.279 e. The van der Waals surface area contributed by atoms with E-state index in [2.05, 4.69) is 10.6 Å². The van der Waals surface area contributed by atoms with Gasteiger partial charge in [0.2, 0.25) is 0 Å². The molecule has 138 valence electrons. The number of nitrogens with one attached hydrogen (secondary N) is 3. The number of halogens is 1. The van der Waals surface area contributed by atoms with Crippen molar-refractivity contribution in [2.45, 2.75) is 6.92 Å². The first-order valence-corrected chi connectivity index (χ1v) is 8.18. The van der Waals surface area contributed by atoms with Gasteiger partial charge in [-0.15, -0.1) is 0 Å². The number of benzene rings is 2. The zero-order valence-corrected chi connectivity index (χ0v) is 15.1. The molecule has 6 nitrogen and oxygen atoms in total. The molecule has 1 atom stereocenters. The number of carbonyl (C=O) groups excluding carboxylic acids is 2. The van der Waals surface area contributed by atoms with Gasteiger partial charge in [-0.25, -0.2) is 4.39 Å². The second kappa shape index (κ2) is 8.96. The van der Waals surface area contributed by atoms with Crippen LogP contribution < -0.4 is 20.3 Å². The van der Waals surface area contributed by atoms with Gasteiger partial charge in [-0.3, -0.25) is 9.59 Å². The van der Waals surface area contributed by atoms with Crippen LogP contribution in [0.1, 0.15) is 5.56 Å². The average molecular weight is 360 g/mol. The highest BCUT2D eigenvalue weighted by molar-refractivity contribution is 5.94. The maximum absolute atomic E-state index is 13.1. The zero-order chi connectivity index (χ0) is 19.1. The molecule has 0 aromatic heterocycles. The van der Waals surface area contributed by atoms with Gasteiger partial charge >= 0.3 is 0 Å². The van der Waals surface area contributed by atoms with Crippen LogP contribution in [0, 0.1) is 12.7 Å². The van der Waals surface area contributed by atoms with Gasteiger partial charge in [-0.05, 0) is 42.8 Å². The Morgan fingerprint density at radius 1 is 1.08 bits per heavy atom. The molecule has 0 saturated carbocycles. The van der Waals surface area contributed by atoms with E-state index in [4.69, 9.17) is 4.74 Å². The molecule has 2 rings (SSSR count). The number of rotatable bonds is 7. The summed E-state index contributed by atoms with van der Waals surface area (Å²) in [5.41, 5.74) is 1.97. The van der Waals surface area contributed by atoms with Crippen LogP contribution in [-0.4, -0.2) is 39.1 Å². The summed E-state index contributed by atoms with van der Waals surface area (Å²) in [5, 5.41) is 5.41. The van der Waals surface area contributed by atoms with Gasteiger partial charge in [0.05, 0.1) is 19.8 Å². The Hall–Kier alpha value is -2.93. The number of anilines is 2. The summed E-state index contributed by atoms with van der Waals surface area (Å²) in [5.74, 6) is -0.376. The van der Waals surface area contributed by atoms with Crippen LogP contribution in [0.5, 0.6) is 5.75 Å². The minimum Gasteiger partial charge on any atom is -0.495 e. The van der Waals surface area contributed by atoms with E-state index in [9.17, 15) is 14.0 Å². The number of amides is 2. The van der Waals surface area contributed by atoms with Gasteiger partial charge in [0.25, 0.3) is 11.8 Å². The zero-order valence-electron chi connectivity index (χ0n) is 15.1. The molecule has 2 amide bonds. The number of hydrogen-bond acceptors (Lipinski definition) is 3. The van der Waals surface area contributed by atoms with Crippen molar-refractivity contribution in [2.75, 3.05) is 37.9 Å². The molecule has 0 heterocycles. The van der Waals surface area contributed by atoms with E-state index in [1.54, 1.807) is 19.2 Å². The molecular weight excluding hydrogens is 337 g/mol. The lowest BCUT2D eigenvalue weighted by Crippen LogP contribution is -3.11. The molecule has 0 aliphatic carbocycles. The fourth-order valence-electron chi connectivity index (χ4n) is 2.50. The normalized spacial score (nSPS) is 11.5. The average Bonchev–Trinajstić information content (AvgIpc) is 2.54. The van der Waals surface area contributed by atoms with Gasteiger partial charge < -0.3 is 20.3 Å². The lowest BCUT2D eigenvalue weighted by molar-refractivity contribution is -0.862. The van der Waals surface area contributed by atoms with Crippen LogP contribution in [0.4, 0.5) is 15.8 Å². The standard InChI is InChI=1S/C19H22FN3O3/c1-13-7-8-17(26-3)16(9-13)22-19(25)12-23(2)11-18(24)21-15-6-4-5-14(20)10-15/h4-10H,11-12H2,1-3H3,(H,21,24)(H,22,25)/p+1. The van der Waals surface area contributed by atoms with Crippen molar-refractivity contribution in [3.63, 3.8) is 0 Å². The predicted octanol–water partition coefficient (Wildman–Crippen LogP) is 1.23. The van der Waals surface area contributed by atoms with Crippen molar-refractivity contribution in [1.29, 1.82) is 0 Å². The molecule has 0 spiro atoms. The second-order valence-electron chi connectivity index (χ2n) is 6.12. The molecule has 0 saturated heterocycles. The highest BCUT2D eigenvalue weighted by atomic mass is 19.1. The Kier molecular flexibility index (Phi) is 6.68. The Morgan fingerprint density at radius 3 is 2.42 bits per heavy atom. The topological polar surface area (TPSA) is 71.9 Å². The van der Waals surface area contributed by atoms with E-state index < -0.39 is 5.82 Å². The van der Waals surface area contributed by atoms with E-state index in [1.165, 1.54) is 25.3 Å². The highest BCUT2D eigenvalue weighted by Crippen LogP contribution is 2.24. The number of aryl methyl sites for hydroxylation is 1. The molecule has 2 aromatic rings. The fraction of sp³-hybridized carbons (Fsp3) is 0.263. The van der Waals surface area contributed by atoms with Crippen LogP contribution in [0.15, 0.2) is 42.5 Å². The van der Waals surface area contributed by atoms with E-state index in [-0.39, 0.29) is 24.9 Å². The Balaban J connectivity index is 1.87. The van der Waals surface area contributed by atoms with E-state index in [1.807, 2.05) is 19.1 Å². The molecule has 0 aliphatic heterocycles. The largest absolute Gasteiger partial charge is 0.495 e. The minimum atomic E-state index is -0.421. The summed E-state index contributed by atoms with van der Waals surface area (Å²) in [6, 6.07) is 11.2. The number of methoxy groups -OCH3 is 1. The summed E-state index contributed by atoms with van der Waals surface area (Å²) in [4.78, 5) is 24.9. The molecular formula is C19H23FN3O3+. The summed E-state index contributed by atoms with van der Waals surface area (Å²) < 4.78 is 18.4. The first-order valence-electron chi connectivity index (χ1n) is 8.18. The van der Waals surface area contributed by atoms with Gasteiger partial charge in [-0.2, -0.15) is 0 Å².